The summed E-state index contributed by atoms with van der Waals surface area (Å²) in [5.41, 5.74) is 3.90. The van der Waals surface area contributed by atoms with Crippen LogP contribution in [0.1, 0.15) is 43.4 Å². The van der Waals surface area contributed by atoms with Gasteiger partial charge >= 0.3 is 0 Å². The van der Waals surface area contributed by atoms with Crippen LogP contribution in [-0.2, 0) is 23.7 Å². The molecule has 1 aliphatic rings. The Morgan fingerprint density at radius 3 is 2.62 bits per heavy atom. The minimum atomic E-state index is -0.0255. The van der Waals surface area contributed by atoms with Crippen LogP contribution in [0.15, 0.2) is 36.7 Å². The highest BCUT2D eigenvalue weighted by Crippen LogP contribution is 2.28. The second-order valence-electron chi connectivity index (χ2n) is 8.31. The molecule has 0 bridgehead atoms. The summed E-state index contributed by atoms with van der Waals surface area (Å²) < 4.78 is 1.80. The second kappa shape index (κ2) is 7.62. The number of carbonyl (C=O) groups is 1. The Balaban J connectivity index is 1.52. The Kier molecular flexibility index (Phi) is 5.47. The normalized spacial score (nSPS) is 20.3. The van der Waals surface area contributed by atoms with E-state index < -0.39 is 0 Å². The third-order valence-electron chi connectivity index (χ3n) is 5.24. The van der Waals surface area contributed by atoms with Gasteiger partial charge in [0.25, 0.3) is 0 Å². The molecule has 2 heterocycles. The van der Waals surface area contributed by atoms with Gasteiger partial charge in [-0.2, -0.15) is 5.10 Å². The minimum Gasteiger partial charge on any atom is -0.355 e. The van der Waals surface area contributed by atoms with Crippen LogP contribution in [0.4, 0.5) is 0 Å². The van der Waals surface area contributed by atoms with Crippen LogP contribution in [0, 0.1) is 5.92 Å². The smallest absolute Gasteiger partial charge is 0.225 e. The molecule has 26 heavy (non-hydrogen) atoms. The molecular formula is C21H30N4O. The summed E-state index contributed by atoms with van der Waals surface area (Å²) in [5.74, 6) is 0.312. The van der Waals surface area contributed by atoms with Gasteiger partial charge in [0.05, 0.1) is 12.1 Å². The summed E-state index contributed by atoms with van der Waals surface area (Å²) in [7, 11) is 1.91. The maximum absolute atomic E-state index is 12.6. The molecule has 1 aromatic carbocycles. The van der Waals surface area contributed by atoms with Crippen molar-refractivity contribution in [1.82, 2.24) is 20.4 Å². The third-order valence-corrected chi connectivity index (χ3v) is 5.24. The quantitative estimate of drug-likeness (QED) is 0.867. The van der Waals surface area contributed by atoms with Crippen molar-refractivity contribution in [3.8, 4) is 0 Å². The van der Waals surface area contributed by atoms with E-state index in [1.165, 1.54) is 11.1 Å². The predicted octanol–water partition coefficient (Wildman–Crippen LogP) is 2.38. The fourth-order valence-corrected chi connectivity index (χ4v) is 3.57. The van der Waals surface area contributed by atoms with E-state index in [4.69, 9.17) is 0 Å². The Morgan fingerprint density at radius 1 is 1.27 bits per heavy atom. The van der Waals surface area contributed by atoms with E-state index in [0.717, 1.165) is 25.1 Å². The van der Waals surface area contributed by atoms with Gasteiger partial charge in [-0.3, -0.25) is 9.48 Å². The number of aromatic nitrogens is 2. The number of rotatable bonds is 5. The van der Waals surface area contributed by atoms with Crippen molar-refractivity contribution < 1.29 is 4.79 Å². The number of carbonyl (C=O) groups excluding carboxylic acids is 1. The Bertz CT molecular complexity index is 742. The van der Waals surface area contributed by atoms with Crippen molar-refractivity contribution >= 4 is 5.91 Å². The molecule has 1 aromatic heterocycles. The Morgan fingerprint density at radius 2 is 2.00 bits per heavy atom. The zero-order valence-corrected chi connectivity index (χ0v) is 16.2. The lowest BCUT2D eigenvalue weighted by atomic mass is 9.86. The molecule has 5 nitrogen and oxygen atoms in total. The summed E-state index contributed by atoms with van der Waals surface area (Å²) in [6.07, 6.45) is 4.73. The fourth-order valence-electron chi connectivity index (χ4n) is 3.57. The Labute approximate surface area is 156 Å². The van der Waals surface area contributed by atoms with Gasteiger partial charge in [-0.1, -0.05) is 45.0 Å². The molecule has 5 heteroatoms. The van der Waals surface area contributed by atoms with Crippen molar-refractivity contribution in [3.63, 3.8) is 0 Å². The average Bonchev–Trinajstić information content (AvgIpc) is 3.23. The van der Waals surface area contributed by atoms with Gasteiger partial charge in [0.15, 0.2) is 0 Å². The molecule has 1 amide bonds. The van der Waals surface area contributed by atoms with Gasteiger partial charge < -0.3 is 10.6 Å². The molecule has 1 saturated heterocycles. The first-order chi connectivity index (χ1) is 12.3. The lowest BCUT2D eigenvalue weighted by Crippen LogP contribution is -2.35. The fraction of sp³-hybridized carbons (Fsp3) is 0.524. The van der Waals surface area contributed by atoms with Crippen LogP contribution >= 0.6 is 0 Å². The molecule has 140 valence electrons. The highest BCUT2D eigenvalue weighted by atomic mass is 16.1. The summed E-state index contributed by atoms with van der Waals surface area (Å²) in [4.78, 5) is 12.6. The van der Waals surface area contributed by atoms with Crippen molar-refractivity contribution in [1.29, 1.82) is 0 Å². The first-order valence-corrected chi connectivity index (χ1v) is 9.41. The molecule has 2 N–H and O–H groups in total. The van der Waals surface area contributed by atoms with Crippen LogP contribution in [-0.4, -0.2) is 35.3 Å². The largest absolute Gasteiger partial charge is 0.355 e. The molecule has 3 rings (SSSR count). The van der Waals surface area contributed by atoms with Gasteiger partial charge in [0, 0.05) is 38.8 Å². The van der Waals surface area contributed by atoms with E-state index in [9.17, 15) is 4.79 Å². The lowest BCUT2D eigenvalue weighted by molar-refractivity contribution is -0.124. The summed E-state index contributed by atoms with van der Waals surface area (Å²) in [6.45, 7) is 8.89. The van der Waals surface area contributed by atoms with E-state index >= 15 is 0 Å². The molecule has 0 aliphatic carbocycles. The molecule has 1 aliphatic heterocycles. The monoisotopic (exact) mass is 354 g/mol. The number of nitrogens with one attached hydrogen (secondary N) is 2. The number of aryl methyl sites for hydroxylation is 1. The topological polar surface area (TPSA) is 59.0 Å². The minimum absolute atomic E-state index is 0.0255. The SMILES string of the molecule is Cn1cc([C@H]2CNC[C@@H]2C(=O)NCCc2ccc(C(C)(C)C)cc2)cn1. The van der Waals surface area contributed by atoms with Crippen LogP contribution in [0.3, 0.4) is 0 Å². The molecule has 0 unspecified atom stereocenters. The number of nitrogens with zero attached hydrogens (tertiary/aromatic N) is 2. The zero-order chi connectivity index (χ0) is 18.7. The van der Waals surface area contributed by atoms with E-state index in [-0.39, 0.29) is 23.2 Å². The molecule has 1 fully saturated rings. The number of hydrogen-bond donors (Lipinski definition) is 2. The zero-order valence-electron chi connectivity index (χ0n) is 16.2. The van der Waals surface area contributed by atoms with Gasteiger partial charge in [-0.15, -0.1) is 0 Å². The predicted molar refractivity (Wildman–Crippen MR) is 104 cm³/mol. The maximum atomic E-state index is 12.6. The maximum Gasteiger partial charge on any atom is 0.225 e. The van der Waals surface area contributed by atoms with Gasteiger partial charge in [0.2, 0.25) is 5.91 Å². The van der Waals surface area contributed by atoms with Gasteiger partial charge in [-0.25, -0.2) is 0 Å². The highest BCUT2D eigenvalue weighted by molar-refractivity contribution is 5.80. The van der Waals surface area contributed by atoms with Crippen LogP contribution in [0.25, 0.3) is 0 Å². The summed E-state index contributed by atoms with van der Waals surface area (Å²) in [6, 6.07) is 8.72. The van der Waals surface area contributed by atoms with E-state index in [1.54, 1.807) is 4.68 Å². The first kappa shape index (κ1) is 18.6. The molecule has 2 aromatic rings. The third kappa shape index (κ3) is 4.33. The van der Waals surface area contributed by atoms with Crippen LogP contribution in [0.5, 0.6) is 0 Å². The van der Waals surface area contributed by atoms with Crippen molar-refractivity contribution in [2.75, 3.05) is 19.6 Å². The molecular weight excluding hydrogens is 324 g/mol. The van der Waals surface area contributed by atoms with Crippen LogP contribution < -0.4 is 10.6 Å². The van der Waals surface area contributed by atoms with Crippen LogP contribution in [0.2, 0.25) is 0 Å². The van der Waals surface area contributed by atoms with Gasteiger partial charge in [-0.05, 0) is 28.5 Å². The first-order valence-electron chi connectivity index (χ1n) is 9.41. The molecule has 0 radical (unpaired) electrons. The number of amides is 1. The molecule has 0 saturated carbocycles. The van der Waals surface area contributed by atoms with Gasteiger partial charge in [0.1, 0.15) is 0 Å². The number of hydrogen-bond acceptors (Lipinski definition) is 3. The standard InChI is InChI=1S/C21H30N4O/c1-21(2,3)17-7-5-15(6-8-17)9-10-23-20(26)19-13-22-12-18(19)16-11-24-25(4)14-16/h5-8,11,14,18-19,22H,9-10,12-13H2,1-4H3,(H,23,26)/t18-,19+/m1/s1. The lowest BCUT2D eigenvalue weighted by Gasteiger charge is -2.19. The Hall–Kier alpha value is -2.14. The summed E-state index contributed by atoms with van der Waals surface area (Å²) in [5, 5.41) is 10.7. The average molecular weight is 354 g/mol. The number of benzene rings is 1. The van der Waals surface area contributed by atoms with E-state index in [2.05, 4.69) is 60.8 Å². The molecule has 2 atom stereocenters. The van der Waals surface area contributed by atoms with E-state index in [0.29, 0.717) is 6.54 Å². The van der Waals surface area contributed by atoms with Crippen molar-refractivity contribution in [2.24, 2.45) is 13.0 Å². The summed E-state index contributed by atoms with van der Waals surface area (Å²) >= 11 is 0. The highest BCUT2D eigenvalue weighted by Gasteiger charge is 2.34. The van der Waals surface area contributed by atoms with Crippen molar-refractivity contribution in [3.05, 3.63) is 53.3 Å². The molecule has 0 spiro atoms. The second-order valence-corrected chi connectivity index (χ2v) is 8.31. The van der Waals surface area contributed by atoms with Crippen molar-refractivity contribution in [2.45, 2.75) is 38.5 Å². The van der Waals surface area contributed by atoms with E-state index in [1.807, 2.05) is 19.4 Å².